The van der Waals surface area contributed by atoms with Crippen molar-refractivity contribution < 1.29 is 18.7 Å². The number of aromatic amines is 1. The Morgan fingerprint density at radius 3 is 2.06 bits per heavy atom. The number of amides is 1. The van der Waals surface area contributed by atoms with Crippen LogP contribution in [0.2, 0.25) is 0 Å². The largest absolute Gasteiger partial charge is 0.395 e. The molecule has 9 heteroatoms. The maximum Gasteiger partial charge on any atom is 0.271 e. The number of pyridine rings is 2. The fourth-order valence-corrected chi connectivity index (χ4v) is 3.95. The zero-order chi connectivity index (χ0) is 24.4. The predicted octanol–water partition coefficient (Wildman–Crippen LogP) is 4.35. The third kappa shape index (κ3) is 4.24. The van der Waals surface area contributed by atoms with Gasteiger partial charge in [0.1, 0.15) is 28.4 Å². The van der Waals surface area contributed by atoms with Gasteiger partial charge >= 0.3 is 0 Å². The van der Waals surface area contributed by atoms with Crippen molar-refractivity contribution in [3.05, 3.63) is 90.4 Å². The molecule has 0 spiro atoms. The van der Waals surface area contributed by atoms with Crippen LogP contribution in [0.3, 0.4) is 0 Å². The highest BCUT2D eigenvalue weighted by Crippen LogP contribution is 2.43. The molecule has 1 amide bonds. The molecule has 5 rings (SSSR count). The fraction of sp³-hybridized carbons (Fsp3) is 0.0769. The molecular weight excluding hydrogens is 452 g/mol. The molecule has 0 bridgehead atoms. The van der Waals surface area contributed by atoms with Crippen LogP contribution in [-0.2, 0) is 0 Å². The predicted molar refractivity (Wildman–Crippen MR) is 127 cm³/mol. The molecule has 0 unspecified atom stereocenters. The van der Waals surface area contributed by atoms with Gasteiger partial charge in [0, 0.05) is 35.6 Å². The summed E-state index contributed by atoms with van der Waals surface area (Å²) in [4.78, 5) is 21.7. The third-order valence-electron chi connectivity index (χ3n) is 5.53. The molecule has 3 N–H and O–H groups in total. The number of aromatic nitrogens is 4. The van der Waals surface area contributed by atoms with Gasteiger partial charge in [-0.3, -0.25) is 14.9 Å². The summed E-state index contributed by atoms with van der Waals surface area (Å²) < 4.78 is 27.5. The zero-order valence-corrected chi connectivity index (χ0v) is 18.3. The number of rotatable bonds is 6. The highest BCUT2D eigenvalue weighted by Gasteiger charge is 2.25. The van der Waals surface area contributed by atoms with Gasteiger partial charge in [0.2, 0.25) is 0 Å². The number of aliphatic hydroxyl groups excluding tert-OH is 1. The zero-order valence-electron chi connectivity index (χ0n) is 18.3. The molecule has 2 aromatic carbocycles. The first-order valence-corrected chi connectivity index (χ1v) is 10.8. The molecule has 0 radical (unpaired) electrons. The van der Waals surface area contributed by atoms with Gasteiger partial charge in [-0.25, -0.2) is 13.8 Å². The minimum atomic E-state index is -0.485. The number of nitrogens with zero attached hydrogens (tertiary/aromatic N) is 3. The second-order valence-electron chi connectivity index (χ2n) is 7.74. The number of carbonyl (C=O) groups excluding carboxylic acids is 1. The van der Waals surface area contributed by atoms with Gasteiger partial charge < -0.3 is 10.4 Å². The van der Waals surface area contributed by atoms with Crippen molar-refractivity contribution in [1.29, 1.82) is 0 Å². The Labute approximate surface area is 198 Å². The summed E-state index contributed by atoms with van der Waals surface area (Å²) in [6.45, 7) is -0.164. The molecule has 5 aromatic rings. The molecule has 0 saturated carbocycles. The van der Waals surface area contributed by atoms with E-state index in [9.17, 15) is 13.6 Å². The lowest BCUT2D eigenvalue weighted by molar-refractivity contribution is 0.0941. The van der Waals surface area contributed by atoms with Crippen LogP contribution in [0.5, 0.6) is 0 Å². The van der Waals surface area contributed by atoms with E-state index in [1.807, 2.05) is 12.1 Å². The summed E-state index contributed by atoms with van der Waals surface area (Å²) in [7, 11) is 0. The molecular formula is C26H19F2N5O2. The molecule has 174 valence electrons. The van der Waals surface area contributed by atoms with Gasteiger partial charge in [0.25, 0.3) is 5.91 Å². The highest BCUT2D eigenvalue weighted by molar-refractivity contribution is 6.11. The van der Waals surface area contributed by atoms with Gasteiger partial charge in [0.05, 0.1) is 12.3 Å². The van der Waals surface area contributed by atoms with Crippen molar-refractivity contribution in [2.24, 2.45) is 0 Å². The van der Waals surface area contributed by atoms with Crippen LogP contribution in [0.25, 0.3) is 44.5 Å². The Bertz CT molecular complexity index is 1500. The quantitative estimate of drug-likeness (QED) is 0.342. The van der Waals surface area contributed by atoms with Crippen molar-refractivity contribution in [2.75, 3.05) is 13.2 Å². The average Bonchev–Trinajstić information content (AvgIpc) is 3.31. The van der Waals surface area contributed by atoms with Crippen LogP contribution >= 0.6 is 0 Å². The van der Waals surface area contributed by atoms with E-state index in [1.54, 1.807) is 36.7 Å². The molecule has 0 fully saturated rings. The van der Waals surface area contributed by atoms with Gasteiger partial charge in [0.15, 0.2) is 0 Å². The van der Waals surface area contributed by atoms with E-state index in [1.165, 1.54) is 24.3 Å². The van der Waals surface area contributed by atoms with E-state index in [0.717, 1.165) is 5.56 Å². The Morgan fingerprint density at radius 2 is 1.43 bits per heavy atom. The van der Waals surface area contributed by atoms with Crippen molar-refractivity contribution in [1.82, 2.24) is 25.5 Å². The smallest absolute Gasteiger partial charge is 0.271 e. The van der Waals surface area contributed by atoms with Crippen molar-refractivity contribution in [3.63, 3.8) is 0 Å². The van der Waals surface area contributed by atoms with E-state index in [-0.39, 0.29) is 24.4 Å². The summed E-state index contributed by atoms with van der Waals surface area (Å²) in [6, 6.07) is 15.4. The van der Waals surface area contributed by atoms with Crippen LogP contribution in [0.15, 0.2) is 73.1 Å². The lowest BCUT2D eigenvalue weighted by atomic mass is 9.90. The SMILES string of the molecule is O=C(NCCO)c1[nH]nc2c(-c3ccc(F)cc3)c(-c3ccncc3)c(-c3ccc(F)cc3)nc12. The van der Waals surface area contributed by atoms with Crippen molar-refractivity contribution in [3.8, 4) is 33.5 Å². The number of halogens is 2. The number of hydrogen-bond acceptors (Lipinski definition) is 5. The monoisotopic (exact) mass is 471 g/mol. The first kappa shape index (κ1) is 22.3. The van der Waals surface area contributed by atoms with Crippen LogP contribution in [-0.4, -0.2) is 44.3 Å². The minimum Gasteiger partial charge on any atom is -0.395 e. The number of nitrogens with one attached hydrogen (secondary N) is 2. The average molecular weight is 471 g/mol. The van der Waals surface area contributed by atoms with E-state index in [2.05, 4.69) is 20.5 Å². The topological polar surface area (TPSA) is 104 Å². The second kappa shape index (κ2) is 9.40. The molecule has 0 atom stereocenters. The lowest BCUT2D eigenvalue weighted by Gasteiger charge is -2.16. The van der Waals surface area contributed by atoms with E-state index in [0.29, 0.717) is 33.5 Å². The van der Waals surface area contributed by atoms with E-state index in [4.69, 9.17) is 10.1 Å². The molecule has 3 aromatic heterocycles. The first-order valence-electron chi connectivity index (χ1n) is 10.8. The van der Waals surface area contributed by atoms with Gasteiger partial charge in [-0.15, -0.1) is 0 Å². The van der Waals surface area contributed by atoms with Gasteiger partial charge in [-0.2, -0.15) is 5.10 Å². The van der Waals surface area contributed by atoms with Crippen LogP contribution in [0.1, 0.15) is 10.5 Å². The van der Waals surface area contributed by atoms with Gasteiger partial charge in [-0.05, 0) is 59.7 Å². The lowest BCUT2D eigenvalue weighted by Crippen LogP contribution is -2.27. The number of aliphatic hydroxyl groups is 1. The van der Waals surface area contributed by atoms with Crippen LogP contribution < -0.4 is 5.32 Å². The standard InChI is InChI=1S/C26H19F2N5O2/c27-18-5-1-15(2-6-18)21-20(16-9-11-29-12-10-16)22(17-3-7-19(28)8-4-17)31-24-23(21)32-33-25(24)26(35)30-13-14-34/h1-12,34H,13-14H2,(H,30,35)(H,32,33). The minimum absolute atomic E-state index is 0.0596. The first-order chi connectivity index (χ1) is 17.1. The Balaban J connectivity index is 1.89. The summed E-state index contributed by atoms with van der Waals surface area (Å²) >= 11 is 0. The molecule has 0 aliphatic heterocycles. The third-order valence-corrected chi connectivity index (χ3v) is 5.53. The van der Waals surface area contributed by atoms with Gasteiger partial charge in [-0.1, -0.05) is 12.1 Å². The number of hydrogen-bond donors (Lipinski definition) is 3. The number of benzene rings is 2. The fourth-order valence-electron chi connectivity index (χ4n) is 3.95. The summed E-state index contributed by atoms with van der Waals surface area (Å²) in [5.41, 5.74) is 4.63. The molecule has 0 saturated heterocycles. The molecule has 3 heterocycles. The van der Waals surface area contributed by atoms with E-state index < -0.39 is 17.5 Å². The second-order valence-corrected chi connectivity index (χ2v) is 7.74. The summed E-state index contributed by atoms with van der Waals surface area (Å²) in [6.07, 6.45) is 3.28. The van der Waals surface area contributed by atoms with E-state index >= 15 is 0 Å². The number of carbonyl (C=O) groups is 1. The molecule has 7 nitrogen and oxygen atoms in total. The maximum atomic E-state index is 13.8. The van der Waals surface area contributed by atoms with Crippen LogP contribution in [0, 0.1) is 11.6 Å². The number of H-pyrrole nitrogens is 1. The summed E-state index contributed by atoms with van der Waals surface area (Å²) in [5.74, 6) is -1.28. The molecule has 0 aliphatic carbocycles. The Kier molecular flexibility index (Phi) is 5.99. The Morgan fingerprint density at radius 1 is 0.829 bits per heavy atom. The van der Waals surface area contributed by atoms with Crippen LogP contribution in [0.4, 0.5) is 8.78 Å². The molecule has 35 heavy (non-hydrogen) atoms. The maximum absolute atomic E-state index is 13.8. The summed E-state index contributed by atoms with van der Waals surface area (Å²) in [5, 5.41) is 18.9. The number of fused-ring (bicyclic) bond motifs is 1. The highest BCUT2D eigenvalue weighted by atomic mass is 19.1. The normalized spacial score (nSPS) is 11.1. The van der Waals surface area contributed by atoms with Crippen molar-refractivity contribution >= 4 is 16.9 Å². The molecule has 0 aliphatic rings. The Hall–Kier alpha value is -4.50. The van der Waals surface area contributed by atoms with Crippen molar-refractivity contribution in [2.45, 2.75) is 0 Å².